The lowest BCUT2D eigenvalue weighted by molar-refractivity contribution is 0.457. The van der Waals surface area contributed by atoms with Crippen LogP contribution in [0.1, 0.15) is 26.6 Å². The molecule has 1 aromatic rings. The first-order chi connectivity index (χ1) is 8.22. The van der Waals surface area contributed by atoms with Crippen molar-refractivity contribution in [1.82, 2.24) is 19.7 Å². The van der Waals surface area contributed by atoms with Crippen LogP contribution in [0.25, 0.3) is 0 Å². The lowest BCUT2D eigenvalue weighted by Gasteiger charge is -2.19. The molecule has 0 saturated carbocycles. The Morgan fingerprint density at radius 1 is 1.39 bits per heavy atom. The molecule has 0 aromatic carbocycles. The van der Waals surface area contributed by atoms with Gasteiger partial charge >= 0.3 is 0 Å². The summed E-state index contributed by atoms with van der Waals surface area (Å²) in [5.74, 6) is 1.60. The van der Waals surface area contributed by atoms with Crippen molar-refractivity contribution in [2.45, 2.75) is 33.7 Å². The first kappa shape index (κ1) is 17.1. The molecule has 18 heavy (non-hydrogen) atoms. The van der Waals surface area contributed by atoms with E-state index in [1.54, 1.807) is 6.33 Å². The fourth-order valence-corrected chi connectivity index (χ4v) is 1.66. The van der Waals surface area contributed by atoms with Gasteiger partial charge in [-0.15, -0.1) is 34.2 Å². The molecule has 0 radical (unpaired) electrons. The van der Waals surface area contributed by atoms with Crippen LogP contribution in [0.3, 0.4) is 0 Å². The van der Waals surface area contributed by atoms with E-state index in [9.17, 15) is 0 Å². The second-order valence-corrected chi connectivity index (χ2v) is 3.71. The van der Waals surface area contributed by atoms with Crippen molar-refractivity contribution in [2.75, 3.05) is 19.6 Å². The van der Waals surface area contributed by atoms with E-state index in [1.165, 1.54) is 0 Å². The number of nitrogens with two attached hydrogens (primary N) is 1. The molecular formula is C11H23IN6. The predicted octanol–water partition coefficient (Wildman–Crippen LogP) is 1.11. The van der Waals surface area contributed by atoms with E-state index in [4.69, 9.17) is 5.73 Å². The SMILES string of the molecule is CCc1nncn1CCN=C(N)N(CC)CC.I. The minimum Gasteiger partial charge on any atom is -0.370 e. The fraction of sp³-hybridized carbons (Fsp3) is 0.727. The Morgan fingerprint density at radius 3 is 2.61 bits per heavy atom. The van der Waals surface area contributed by atoms with Crippen molar-refractivity contribution in [2.24, 2.45) is 10.7 Å². The van der Waals surface area contributed by atoms with Gasteiger partial charge in [-0.2, -0.15) is 0 Å². The Bertz CT molecular complexity index is 358. The summed E-state index contributed by atoms with van der Waals surface area (Å²) in [6, 6.07) is 0. The van der Waals surface area contributed by atoms with Gasteiger partial charge < -0.3 is 15.2 Å². The molecular weight excluding hydrogens is 343 g/mol. The number of halogens is 1. The van der Waals surface area contributed by atoms with Crippen molar-refractivity contribution < 1.29 is 0 Å². The lowest BCUT2D eigenvalue weighted by Crippen LogP contribution is -2.37. The van der Waals surface area contributed by atoms with Gasteiger partial charge in [-0.05, 0) is 13.8 Å². The fourth-order valence-electron chi connectivity index (χ4n) is 1.66. The highest BCUT2D eigenvalue weighted by Crippen LogP contribution is 1.96. The molecule has 0 aliphatic rings. The Balaban J connectivity index is 0.00000289. The second kappa shape index (κ2) is 9.12. The second-order valence-electron chi connectivity index (χ2n) is 3.71. The average Bonchev–Trinajstić information content (AvgIpc) is 2.78. The van der Waals surface area contributed by atoms with Crippen LogP contribution in [-0.2, 0) is 13.0 Å². The predicted molar refractivity (Wildman–Crippen MR) is 84.2 cm³/mol. The molecule has 0 unspecified atom stereocenters. The van der Waals surface area contributed by atoms with Gasteiger partial charge in [0.1, 0.15) is 12.2 Å². The van der Waals surface area contributed by atoms with E-state index in [1.807, 2.05) is 9.47 Å². The molecule has 0 aliphatic heterocycles. The minimum atomic E-state index is 0. The third-order valence-electron chi connectivity index (χ3n) is 2.71. The van der Waals surface area contributed by atoms with Crippen LogP contribution in [0.5, 0.6) is 0 Å². The highest BCUT2D eigenvalue weighted by atomic mass is 127. The molecule has 6 nitrogen and oxygen atoms in total. The van der Waals surface area contributed by atoms with Crippen molar-refractivity contribution in [1.29, 1.82) is 0 Å². The molecule has 1 heterocycles. The van der Waals surface area contributed by atoms with Gasteiger partial charge in [0, 0.05) is 26.1 Å². The summed E-state index contributed by atoms with van der Waals surface area (Å²) >= 11 is 0. The number of nitrogens with zero attached hydrogens (tertiary/aromatic N) is 5. The Morgan fingerprint density at radius 2 is 2.06 bits per heavy atom. The van der Waals surface area contributed by atoms with Gasteiger partial charge in [-0.25, -0.2) is 0 Å². The smallest absolute Gasteiger partial charge is 0.191 e. The number of hydrogen-bond acceptors (Lipinski definition) is 3. The minimum absolute atomic E-state index is 0. The maximum atomic E-state index is 5.88. The van der Waals surface area contributed by atoms with Crippen LogP contribution < -0.4 is 5.73 Å². The summed E-state index contributed by atoms with van der Waals surface area (Å²) < 4.78 is 2.01. The van der Waals surface area contributed by atoms with Gasteiger partial charge in [0.25, 0.3) is 0 Å². The average molecular weight is 366 g/mol. The molecule has 104 valence electrons. The standard InChI is InChI=1S/C11H22N6.HI/c1-4-10-15-14-9-17(10)8-7-13-11(12)16(5-2)6-3;/h9H,4-8H2,1-3H3,(H2,12,13);1H. The van der Waals surface area contributed by atoms with Crippen LogP contribution >= 0.6 is 24.0 Å². The molecule has 1 rings (SSSR count). The quantitative estimate of drug-likeness (QED) is 0.465. The van der Waals surface area contributed by atoms with Gasteiger partial charge in [0.2, 0.25) is 0 Å². The van der Waals surface area contributed by atoms with E-state index < -0.39 is 0 Å². The van der Waals surface area contributed by atoms with E-state index in [-0.39, 0.29) is 24.0 Å². The number of aryl methyl sites for hydroxylation is 1. The zero-order valence-corrected chi connectivity index (χ0v) is 13.7. The number of aromatic nitrogens is 3. The number of hydrogen-bond donors (Lipinski definition) is 1. The molecule has 0 spiro atoms. The summed E-state index contributed by atoms with van der Waals surface area (Å²) in [7, 11) is 0. The van der Waals surface area contributed by atoms with E-state index >= 15 is 0 Å². The molecule has 1 aromatic heterocycles. The lowest BCUT2D eigenvalue weighted by atomic mass is 10.4. The molecule has 2 N–H and O–H groups in total. The van der Waals surface area contributed by atoms with Crippen LogP contribution in [0, 0.1) is 0 Å². The summed E-state index contributed by atoms with van der Waals surface area (Å²) in [6.45, 7) is 9.42. The van der Waals surface area contributed by atoms with Crippen molar-refractivity contribution in [3.05, 3.63) is 12.2 Å². The third kappa shape index (κ3) is 4.79. The largest absolute Gasteiger partial charge is 0.370 e. The van der Waals surface area contributed by atoms with Crippen molar-refractivity contribution in [3.63, 3.8) is 0 Å². The normalized spacial score (nSPS) is 11.2. The Kier molecular flexibility index (Phi) is 8.69. The molecule has 7 heteroatoms. The van der Waals surface area contributed by atoms with E-state index in [2.05, 4.69) is 36.0 Å². The first-order valence-corrected chi connectivity index (χ1v) is 6.14. The highest BCUT2D eigenvalue weighted by Gasteiger charge is 2.03. The van der Waals surface area contributed by atoms with E-state index in [0.29, 0.717) is 12.5 Å². The van der Waals surface area contributed by atoms with E-state index in [0.717, 1.165) is 31.9 Å². The highest BCUT2D eigenvalue weighted by molar-refractivity contribution is 14.0. The van der Waals surface area contributed by atoms with Gasteiger partial charge in [0.05, 0.1) is 6.54 Å². The van der Waals surface area contributed by atoms with Crippen LogP contribution in [-0.4, -0.2) is 45.3 Å². The van der Waals surface area contributed by atoms with Crippen LogP contribution in [0.4, 0.5) is 0 Å². The maximum absolute atomic E-state index is 5.88. The number of aliphatic imine (C=N–C) groups is 1. The summed E-state index contributed by atoms with van der Waals surface area (Å²) in [5, 5.41) is 7.90. The Hall–Kier alpha value is -0.860. The summed E-state index contributed by atoms with van der Waals surface area (Å²) in [5.41, 5.74) is 5.88. The molecule has 0 aliphatic carbocycles. The molecule has 0 amide bonds. The van der Waals surface area contributed by atoms with Crippen LogP contribution in [0.2, 0.25) is 0 Å². The van der Waals surface area contributed by atoms with Crippen molar-refractivity contribution in [3.8, 4) is 0 Å². The Labute approximate surface area is 126 Å². The molecule has 0 fully saturated rings. The van der Waals surface area contributed by atoms with Gasteiger partial charge in [-0.1, -0.05) is 6.92 Å². The maximum Gasteiger partial charge on any atom is 0.191 e. The topological polar surface area (TPSA) is 72.3 Å². The summed E-state index contributed by atoms with van der Waals surface area (Å²) in [6.07, 6.45) is 2.62. The van der Waals surface area contributed by atoms with Crippen molar-refractivity contribution >= 4 is 29.9 Å². The first-order valence-electron chi connectivity index (χ1n) is 6.14. The number of guanidine groups is 1. The van der Waals surface area contributed by atoms with Gasteiger partial charge in [-0.3, -0.25) is 4.99 Å². The zero-order chi connectivity index (χ0) is 12.7. The molecule has 0 atom stereocenters. The van der Waals surface area contributed by atoms with Gasteiger partial charge in [0.15, 0.2) is 5.96 Å². The zero-order valence-electron chi connectivity index (χ0n) is 11.3. The van der Waals surface area contributed by atoms with Crippen LogP contribution in [0.15, 0.2) is 11.3 Å². The molecule has 0 saturated heterocycles. The monoisotopic (exact) mass is 366 g/mol. The molecule has 0 bridgehead atoms. The number of rotatable bonds is 6. The third-order valence-corrected chi connectivity index (χ3v) is 2.71. The summed E-state index contributed by atoms with van der Waals surface area (Å²) in [4.78, 5) is 6.40.